The number of carbonyl (C=O) groups is 1. The summed E-state index contributed by atoms with van der Waals surface area (Å²) in [5.41, 5.74) is 3.98. The largest absolute Gasteiger partial charge is 0.346 e. The fourth-order valence-corrected chi connectivity index (χ4v) is 2.75. The fraction of sp³-hybridized carbons (Fsp3) is 0. The molecule has 0 saturated heterocycles. The number of nitrogens with one attached hydrogen (secondary N) is 2. The van der Waals surface area contributed by atoms with Gasteiger partial charge in [-0.3, -0.25) is 4.79 Å². The van der Waals surface area contributed by atoms with Gasteiger partial charge in [0, 0.05) is 29.0 Å². The fourth-order valence-electron chi connectivity index (χ4n) is 2.75. The van der Waals surface area contributed by atoms with Gasteiger partial charge in [0.15, 0.2) is 0 Å². The highest BCUT2D eigenvalue weighted by atomic mass is 19.1. The number of aromatic nitrogens is 2. The summed E-state index contributed by atoms with van der Waals surface area (Å²) < 4.78 is 12.9. The van der Waals surface area contributed by atoms with E-state index >= 15 is 0 Å². The lowest BCUT2D eigenvalue weighted by Gasteiger charge is -2.07. The standard InChI is InChI=1S/C20H14FN3O/c21-15-5-7-16(8-6-15)24-20(25)14-3-1-13(2-4-14)17-9-11-22-19-18(17)10-12-23-19/h1-12H,(H,22,23)(H,24,25). The van der Waals surface area contributed by atoms with E-state index in [1.807, 2.05) is 30.5 Å². The van der Waals surface area contributed by atoms with Gasteiger partial charge < -0.3 is 10.3 Å². The van der Waals surface area contributed by atoms with Crippen LogP contribution in [0, 0.1) is 5.82 Å². The average Bonchev–Trinajstić information content (AvgIpc) is 3.12. The monoisotopic (exact) mass is 331 g/mol. The Bertz CT molecular complexity index is 1040. The topological polar surface area (TPSA) is 57.8 Å². The average molecular weight is 331 g/mol. The van der Waals surface area contributed by atoms with Crippen molar-refractivity contribution < 1.29 is 9.18 Å². The molecule has 0 atom stereocenters. The van der Waals surface area contributed by atoms with Crippen molar-refractivity contribution in [3.63, 3.8) is 0 Å². The van der Waals surface area contributed by atoms with Crippen LogP contribution in [0.5, 0.6) is 0 Å². The van der Waals surface area contributed by atoms with E-state index in [-0.39, 0.29) is 11.7 Å². The number of fused-ring (bicyclic) bond motifs is 1. The minimum absolute atomic E-state index is 0.236. The number of nitrogens with zero attached hydrogens (tertiary/aromatic N) is 1. The predicted octanol–water partition coefficient (Wildman–Crippen LogP) is 4.62. The molecule has 0 bridgehead atoms. The minimum Gasteiger partial charge on any atom is -0.346 e. The maximum absolute atomic E-state index is 12.9. The number of halogens is 1. The Labute approximate surface area is 143 Å². The van der Waals surface area contributed by atoms with Gasteiger partial charge in [0.2, 0.25) is 0 Å². The minimum atomic E-state index is -0.337. The molecule has 4 aromatic rings. The number of benzene rings is 2. The van der Waals surface area contributed by atoms with E-state index in [2.05, 4.69) is 15.3 Å². The highest BCUT2D eigenvalue weighted by molar-refractivity contribution is 6.04. The van der Waals surface area contributed by atoms with E-state index in [9.17, 15) is 9.18 Å². The Morgan fingerprint density at radius 3 is 2.48 bits per heavy atom. The molecule has 4 nitrogen and oxygen atoms in total. The molecule has 1 amide bonds. The number of rotatable bonds is 3. The van der Waals surface area contributed by atoms with Crippen LogP contribution in [-0.2, 0) is 0 Å². The molecular formula is C20H14FN3O. The van der Waals surface area contributed by atoms with Crippen molar-refractivity contribution in [1.29, 1.82) is 0 Å². The van der Waals surface area contributed by atoms with Gasteiger partial charge in [-0.2, -0.15) is 0 Å². The Kier molecular flexibility index (Phi) is 3.74. The van der Waals surface area contributed by atoms with Crippen LogP contribution in [0.4, 0.5) is 10.1 Å². The SMILES string of the molecule is O=C(Nc1ccc(F)cc1)c1ccc(-c2ccnc3[nH]ccc23)cc1. The maximum atomic E-state index is 12.9. The summed E-state index contributed by atoms with van der Waals surface area (Å²) in [4.78, 5) is 19.7. The lowest BCUT2D eigenvalue weighted by atomic mass is 10.0. The van der Waals surface area contributed by atoms with Crippen LogP contribution < -0.4 is 5.32 Å². The first-order chi connectivity index (χ1) is 12.2. The lowest BCUT2D eigenvalue weighted by molar-refractivity contribution is 0.102. The number of H-pyrrole nitrogens is 1. The summed E-state index contributed by atoms with van der Waals surface area (Å²) in [6.45, 7) is 0. The molecule has 0 aliphatic carbocycles. The van der Waals surface area contributed by atoms with Crippen LogP contribution in [0.1, 0.15) is 10.4 Å². The molecule has 0 saturated carbocycles. The van der Waals surface area contributed by atoms with Gasteiger partial charge in [0.05, 0.1) is 0 Å². The molecule has 122 valence electrons. The quantitative estimate of drug-likeness (QED) is 0.575. The molecule has 2 heterocycles. The van der Waals surface area contributed by atoms with Crippen molar-refractivity contribution in [2.45, 2.75) is 0 Å². The molecule has 2 aromatic heterocycles. The first-order valence-corrected chi connectivity index (χ1v) is 7.80. The molecule has 4 rings (SSSR count). The van der Waals surface area contributed by atoms with Crippen molar-refractivity contribution in [3.8, 4) is 11.1 Å². The Morgan fingerprint density at radius 1 is 0.960 bits per heavy atom. The maximum Gasteiger partial charge on any atom is 0.255 e. The molecule has 0 aliphatic rings. The zero-order valence-corrected chi connectivity index (χ0v) is 13.2. The van der Waals surface area contributed by atoms with Gasteiger partial charge in [-0.15, -0.1) is 0 Å². The predicted molar refractivity (Wildman–Crippen MR) is 95.9 cm³/mol. The molecule has 0 radical (unpaired) electrons. The Morgan fingerprint density at radius 2 is 1.72 bits per heavy atom. The number of pyridine rings is 1. The molecule has 0 fully saturated rings. The summed E-state index contributed by atoms with van der Waals surface area (Å²) in [5.74, 6) is -0.574. The van der Waals surface area contributed by atoms with E-state index in [0.29, 0.717) is 11.3 Å². The number of carbonyl (C=O) groups excluding carboxylic acids is 1. The van der Waals surface area contributed by atoms with Gasteiger partial charge in [-0.05, 0) is 59.7 Å². The molecule has 2 N–H and O–H groups in total. The zero-order valence-electron chi connectivity index (χ0n) is 13.2. The van der Waals surface area contributed by atoms with Crippen molar-refractivity contribution >= 4 is 22.6 Å². The summed E-state index contributed by atoms with van der Waals surface area (Å²) in [7, 11) is 0. The van der Waals surface area contributed by atoms with Crippen LogP contribution in [0.2, 0.25) is 0 Å². The van der Waals surface area contributed by atoms with Crippen molar-refractivity contribution in [2.75, 3.05) is 5.32 Å². The molecular weight excluding hydrogens is 317 g/mol. The Hall–Kier alpha value is -3.47. The van der Waals surface area contributed by atoms with Crippen LogP contribution in [0.15, 0.2) is 73.1 Å². The molecule has 0 spiro atoms. The van der Waals surface area contributed by atoms with Gasteiger partial charge in [-0.1, -0.05) is 12.1 Å². The van der Waals surface area contributed by atoms with E-state index in [1.165, 1.54) is 24.3 Å². The molecule has 5 heteroatoms. The van der Waals surface area contributed by atoms with E-state index in [0.717, 1.165) is 22.2 Å². The van der Waals surface area contributed by atoms with Gasteiger partial charge in [0.1, 0.15) is 11.5 Å². The normalized spacial score (nSPS) is 10.8. The highest BCUT2D eigenvalue weighted by Crippen LogP contribution is 2.27. The lowest BCUT2D eigenvalue weighted by Crippen LogP contribution is -2.11. The van der Waals surface area contributed by atoms with Crippen LogP contribution >= 0.6 is 0 Å². The van der Waals surface area contributed by atoms with E-state index in [4.69, 9.17) is 0 Å². The van der Waals surface area contributed by atoms with Crippen LogP contribution in [0.25, 0.3) is 22.2 Å². The number of hydrogen-bond acceptors (Lipinski definition) is 2. The van der Waals surface area contributed by atoms with Gasteiger partial charge >= 0.3 is 0 Å². The summed E-state index contributed by atoms with van der Waals surface area (Å²) >= 11 is 0. The number of anilines is 1. The Balaban J connectivity index is 1.58. The molecule has 0 aliphatic heterocycles. The summed E-state index contributed by atoms with van der Waals surface area (Å²) in [6, 6.07) is 17.0. The third-order valence-corrected chi connectivity index (χ3v) is 4.02. The second-order valence-corrected chi connectivity index (χ2v) is 5.64. The highest BCUT2D eigenvalue weighted by Gasteiger charge is 2.09. The first-order valence-electron chi connectivity index (χ1n) is 7.80. The van der Waals surface area contributed by atoms with Crippen molar-refractivity contribution in [2.24, 2.45) is 0 Å². The van der Waals surface area contributed by atoms with E-state index < -0.39 is 0 Å². The van der Waals surface area contributed by atoms with Crippen molar-refractivity contribution in [3.05, 3.63) is 84.4 Å². The number of aromatic amines is 1. The van der Waals surface area contributed by atoms with E-state index in [1.54, 1.807) is 18.3 Å². The molecule has 25 heavy (non-hydrogen) atoms. The third-order valence-electron chi connectivity index (χ3n) is 4.02. The molecule has 2 aromatic carbocycles. The van der Waals surface area contributed by atoms with Crippen LogP contribution in [-0.4, -0.2) is 15.9 Å². The van der Waals surface area contributed by atoms with Crippen molar-refractivity contribution in [1.82, 2.24) is 9.97 Å². The number of hydrogen-bond donors (Lipinski definition) is 2. The summed E-state index contributed by atoms with van der Waals surface area (Å²) in [5, 5.41) is 3.78. The number of amides is 1. The smallest absolute Gasteiger partial charge is 0.255 e. The second-order valence-electron chi connectivity index (χ2n) is 5.64. The van der Waals surface area contributed by atoms with Crippen LogP contribution in [0.3, 0.4) is 0 Å². The van der Waals surface area contributed by atoms with Gasteiger partial charge in [-0.25, -0.2) is 9.37 Å². The van der Waals surface area contributed by atoms with Gasteiger partial charge in [0.25, 0.3) is 5.91 Å². The zero-order chi connectivity index (χ0) is 17.2. The molecule has 0 unspecified atom stereocenters. The second kappa shape index (κ2) is 6.20. The first kappa shape index (κ1) is 15.1. The summed E-state index contributed by atoms with van der Waals surface area (Å²) in [6.07, 6.45) is 3.61. The third kappa shape index (κ3) is 2.99.